The van der Waals surface area contributed by atoms with Gasteiger partial charge in [-0.25, -0.2) is 0 Å². The summed E-state index contributed by atoms with van der Waals surface area (Å²) in [7, 11) is 0. The number of hydrogen-bond acceptors (Lipinski definition) is 1. The maximum atomic E-state index is 11.3. The molecular weight excluding hydrogens is 218 g/mol. The predicted molar refractivity (Wildman–Crippen MR) is 55.4 cm³/mol. The molecule has 0 saturated carbocycles. The van der Waals surface area contributed by atoms with Gasteiger partial charge in [-0.15, -0.1) is 0 Å². The average molecular weight is 236 g/mol. The van der Waals surface area contributed by atoms with Gasteiger partial charge in [-0.2, -0.15) is 0 Å². The van der Waals surface area contributed by atoms with E-state index < -0.39 is 0 Å². The second-order valence-electron chi connectivity index (χ2n) is 3.98. The van der Waals surface area contributed by atoms with E-state index in [2.05, 4.69) is 21.2 Å². The minimum atomic E-state index is -0.179. The lowest BCUT2D eigenvalue weighted by Crippen LogP contribution is -2.50. The molecular formula is C9H18BrNO. The van der Waals surface area contributed by atoms with Crippen LogP contribution < -0.4 is 5.32 Å². The summed E-state index contributed by atoms with van der Waals surface area (Å²) in [6.45, 7) is 9.83. The third-order valence-electron chi connectivity index (χ3n) is 1.96. The zero-order valence-electron chi connectivity index (χ0n) is 8.44. The number of alkyl halides is 1. The van der Waals surface area contributed by atoms with Gasteiger partial charge in [-0.3, -0.25) is 4.79 Å². The van der Waals surface area contributed by atoms with Crippen molar-refractivity contribution in [2.75, 3.05) is 0 Å². The maximum Gasteiger partial charge on any atom is 0.222 e. The standard InChI is InChI=1S/C9H18BrNO/c1-6(2)8(12)11-9(4,5)7(3)10/h6-7H,1-5H3,(H,11,12). The van der Waals surface area contributed by atoms with E-state index in [0.29, 0.717) is 0 Å². The smallest absolute Gasteiger partial charge is 0.222 e. The highest BCUT2D eigenvalue weighted by Crippen LogP contribution is 2.16. The minimum absolute atomic E-state index is 0.0514. The molecule has 0 aliphatic heterocycles. The Labute approximate surface area is 83.2 Å². The number of hydrogen-bond donors (Lipinski definition) is 1. The summed E-state index contributed by atoms with van der Waals surface area (Å²) < 4.78 is 0. The van der Waals surface area contributed by atoms with Crippen molar-refractivity contribution < 1.29 is 4.79 Å². The lowest BCUT2D eigenvalue weighted by molar-refractivity contribution is -0.125. The highest BCUT2D eigenvalue weighted by molar-refractivity contribution is 9.09. The Bertz CT molecular complexity index is 164. The maximum absolute atomic E-state index is 11.3. The lowest BCUT2D eigenvalue weighted by Gasteiger charge is -2.30. The number of amides is 1. The van der Waals surface area contributed by atoms with Crippen LogP contribution in [0.1, 0.15) is 34.6 Å². The molecule has 72 valence electrons. The van der Waals surface area contributed by atoms with E-state index in [1.165, 1.54) is 0 Å². The Balaban J connectivity index is 4.15. The molecule has 1 amide bonds. The summed E-state index contributed by atoms with van der Waals surface area (Å²) in [4.78, 5) is 11.6. The molecule has 0 radical (unpaired) electrons. The van der Waals surface area contributed by atoms with Gasteiger partial charge in [0.25, 0.3) is 0 Å². The van der Waals surface area contributed by atoms with Crippen LogP contribution in [-0.4, -0.2) is 16.3 Å². The van der Waals surface area contributed by atoms with E-state index in [0.717, 1.165) is 0 Å². The molecule has 0 aromatic carbocycles. The van der Waals surface area contributed by atoms with Crippen molar-refractivity contribution in [2.45, 2.75) is 45.0 Å². The monoisotopic (exact) mass is 235 g/mol. The van der Waals surface area contributed by atoms with Crippen LogP contribution in [-0.2, 0) is 4.79 Å². The highest BCUT2D eigenvalue weighted by Gasteiger charge is 2.26. The molecule has 0 bridgehead atoms. The van der Waals surface area contributed by atoms with E-state index in [1.54, 1.807) is 0 Å². The van der Waals surface area contributed by atoms with Gasteiger partial charge in [0, 0.05) is 16.3 Å². The van der Waals surface area contributed by atoms with Crippen LogP contribution in [0.2, 0.25) is 0 Å². The Kier molecular flexibility index (Phi) is 4.24. The van der Waals surface area contributed by atoms with Gasteiger partial charge in [0.1, 0.15) is 0 Å². The normalized spacial score (nSPS) is 14.6. The first-order chi connectivity index (χ1) is 5.27. The van der Waals surface area contributed by atoms with Crippen LogP contribution in [0.4, 0.5) is 0 Å². The Hall–Kier alpha value is -0.0500. The fraction of sp³-hybridized carbons (Fsp3) is 0.889. The van der Waals surface area contributed by atoms with Gasteiger partial charge in [0.15, 0.2) is 0 Å². The summed E-state index contributed by atoms with van der Waals surface area (Å²) in [6, 6.07) is 0. The third kappa shape index (κ3) is 3.57. The number of rotatable bonds is 3. The predicted octanol–water partition coefficient (Wildman–Crippen LogP) is 2.32. The lowest BCUT2D eigenvalue weighted by atomic mass is 10.0. The molecule has 0 spiro atoms. The second-order valence-corrected chi connectivity index (χ2v) is 5.36. The van der Waals surface area contributed by atoms with Crippen molar-refractivity contribution in [3.63, 3.8) is 0 Å². The van der Waals surface area contributed by atoms with E-state index in [9.17, 15) is 4.79 Å². The largest absolute Gasteiger partial charge is 0.350 e. The van der Waals surface area contributed by atoms with Gasteiger partial charge in [0.05, 0.1) is 0 Å². The van der Waals surface area contributed by atoms with Gasteiger partial charge in [-0.1, -0.05) is 36.7 Å². The number of halogens is 1. The first-order valence-corrected chi connectivity index (χ1v) is 5.15. The first kappa shape index (κ1) is 11.9. The molecule has 0 aromatic rings. The van der Waals surface area contributed by atoms with E-state index in [1.807, 2.05) is 34.6 Å². The molecule has 0 rings (SSSR count). The van der Waals surface area contributed by atoms with E-state index in [-0.39, 0.29) is 22.2 Å². The van der Waals surface area contributed by atoms with Crippen molar-refractivity contribution in [3.8, 4) is 0 Å². The molecule has 0 aliphatic rings. The van der Waals surface area contributed by atoms with Crippen molar-refractivity contribution in [1.29, 1.82) is 0 Å². The molecule has 0 fully saturated rings. The molecule has 2 nitrogen and oxygen atoms in total. The van der Waals surface area contributed by atoms with Gasteiger partial charge in [0.2, 0.25) is 5.91 Å². The molecule has 12 heavy (non-hydrogen) atoms. The van der Waals surface area contributed by atoms with Crippen molar-refractivity contribution in [2.24, 2.45) is 5.92 Å². The Morgan fingerprint density at radius 3 is 2.00 bits per heavy atom. The molecule has 0 heterocycles. The highest BCUT2D eigenvalue weighted by atomic mass is 79.9. The van der Waals surface area contributed by atoms with E-state index in [4.69, 9.17) is 0 Å². The third-order valence-corrected chi connectivity index (χ3v) is 3.11. The fourth-order valence-corrected chi connectivity index (χ4v) is 0.676. The van der Waals surface area contributed by atoms with Crippen LogP contribution in [0.5, 0.6) is 0 Å². The summed E-state index contributed by atoms with van der Waals surface area (Å²) in [6.07, 6.45) is 0. The zero-order chi connectivity index (χ0) is 9.94. The van der Waals surface area contributed by atoms with Crippen molar-refractivity contribution in [1.82, 2.24) is 5.32 Å². The minimum Gasteiger partial charge on any atom is -0.350 e. The van der Waals surface area contributed by atoms with Crippen molar-refractivity contribution >= 4 is 21.8 Å². The number of carbonyl (C=O) groups excluding carboxylic acids is 1. The SMILES string of the molecule is CC(C)C(=O)NC(C)(C)C(C)Br. The summed E-state index contributed by atoms with van der Waals surface area (Å²) >= 11 is 3.46. The number of carbonyl (C=O) groups is 1. The second kappa shape index (κ2) is 4.26. The topological polar surface area (TPSA) is 29.1 Å². The summed E-state index contributed by atoms with van der Waals surface area (Å²) in [5.74, 6) is 0.154. The van der Waals surface area contributed by atoms with Crippen LogP contribution in [0.25, 0.3) is 0 Å². The fourth-order valence-electron chi connectivity index (χ4n) is 0.561. The average Bonchev–Trinajstić information content (AvgIpc) is 1.85. The van der Waals surface area contributed by atoms with Gasteiger partial charge >= 0.3 is 0 Å². The van der Waals surface area contributed by atoms with E-state index >= 15 is 0 Å². The molecule has 1 unspecified atom stereocenters. The van der Waals surface area contributed by atoms with Gasteiger partial charge < -0.3 is 5.32 Å². The number of nitrogens with one attached hydrogen (secondary N) is 1. The van der Waals surface area contributed by atoms with Crippen LogP contribution in [0.15, 0.2) is 0 Å². The first-order valence-electron chi connectivity index (χ1n) is 4.23. The quantitative estimate of drug-likeness (QED) is 0.748. The van der Waals surface area contributed by atoms with Gasteiger partial charge in [-0.05, 0) is 13.8 Å². The zero-order valence-corrected chi connectivity index (χ0v) is 10.0. The molecule has 1 atom stereocenters. The molecule has 3 heteroatoms. The summed E-state index contributed by atoms with van der Waals surface area (Å²) in [5.41, 5.74) is -0.179. The summed E-state index contributed by atoms with van der Waals surface area (Å²) in [5, 5.41) is 2.97. The molecule has 0 saturated heterocycles. The molecule has 1 N–H and O–H groups in total. The van der Waals surface area contributed by atoms with Crippen molar-refractivity contribution in [3.05, 3.63) is 0 Å². The van der Waals surface area contributed by atoms with Crippen LogP contribution >= 0.6 is 15.9 Å². The van der Waals surface area contributed by atoms with Crippen LogP contribution in [0, 0.1) is 5.92 Å². The Morgan fingerprint density at radius 2 is 1.75 bits per heavy atom. The Morgan fingerprint density at radius 1 is 1.33 bits per heavy atom. The molecule has 0 aromatic heterocycles. The van der Waals surface area contributed by atoms with Crippen LogP contribution in [0.3, 0.4) is 0 Å². The molecule has 0 aliphatic carbocycles.